The number of ether oxygens (including phenoxy) is 1. The summed E-state index contributed by atoms with van der Waals surface area (Å²) < 4.78 is 5.14. The molecule has 0 radical (unpaired) electrons. The van der Waals surface area contributed by atoms with Gasteiger partial charge in [-0.3, -0.25) is 4.90 Å². The number of nitrogens with one attached hydrogen (secondary N) is 1. The van der Waals surface area contributed by atoms with Gasteiger partial charge >= 0.3 is 6.09 Å². The fourth-order valence-electron chi connectivity index (χ4n) is 1.96. The minimum atomic E-state index is -0.795. The lowest BCUT2D eigenvalue weighted by molar-refractivity contribution is -0.0236. The number of aliphatic hydroxyl groups is 2. The molecular formula is C12H24N2O4. The van der Waals surface area contributed by atoms with E-state index in [2.05, 4.69) is 5.32 Å². The van der Waals surface area contributed by atoms with Gasteiger partial charge in [-0.2, -0.15) is 0 Å². The lowest BCUT2D eigenvalue weighted by Gasteiger charge is -2.22. The van der Waals surface area contributed by atoms with E-state index in [0.717, 1.165) is 13.0 Å². The maximum atomic E-state index is 11.5. The molecule has 0 aromatic heterocycles. The summed E-state index contributed by atoms with van der Waals surface area (Å²) in [6.07, 6.45) is -0.312. The normalized spacial score (nSPS) is 22.8. The first-order chi connectivity index (χ1) is 8.31. The number of amides is 1. The van der Waals surface area contributed by atoms with Crippen molar-refractivity contribution in [2.45, 2.75) is 39.0 Å². The molecule has 18 heavy (non-hydrogen) atoms. The topological polar surface area (TPSA) is 82.0 Å². The molecule has 1 fully saturated rings. The number of carbonyl (C=O) groups is 1. The summed E-state index contributed by atoms with van der Waals surface area (Å²) in [5, 5.41) is 21.0. The second-order valence-corrected chi connectivity index (χ2v) is 5.70. The van der Waals surface area contributed by atoms with Crippen LogP contribution in [0.3, 0.4) is 0 Å². The van der Waals surface area contributed by atoms with Crippen LogP contribution >= 0.6 is 0 Å². The molecule has 1 amide bonds. The number of hydrogen-bond acceptors (Lipinski definition) is 5. The third-order valence-corrected chi connectivity index (χ3v) is 2.84. The standard InChI is InChI=1S/C12H24N2O4/c1-12(2,3)18-11(17)13-6-9-4-5-14(7-9)10(16)8-15/h9-10,15-16H,4-8H2,1-3H3,(H,13,17)/t9-,10?/m1/s1. The van der Waals surface area contributed by atoms with Crippen LogP contribution in [-0.4, -0.2) is 59.3 Å². The number of rotatable bonds is 4. The van der Waals surface area contributed by atoms with Gasteiger partial charge in [0.15, 0.2) is 0 Å². The van der Waals surface area contributed by atoms with Crippen molar-refractivity contribution in [3.05, 3.63) is 0 Å². The third-order valence-electron chi connectivity index (χ3n) is 2.84. The second kappa shape index (κ2) is 6.36. The van der Waals surface area contributed by atoms with Gasteiger partial charge in [-0.15, -0.1) is 0 Å². The molecule has 1 saturated heterocycles. The van der Waals surface area contributed by atoms with E-state index in [4.69, 9.17) is 9.84 Å². The molecule has 1 aliphatic heterocycles. The van der Waals surface area contributed by atoms with Crippen molar-refractivity contribution in [2.24, 2.45) is 5.92 Å². The molecule has 6 nitrogen and oxygen atoms in total. The Morgan fingerprint density at radius 3 is 2.78 bits per heavy atom. The summed E-state index contributed by atoms with van der Waals surface area (Å²) in [6, 6.07) is 0. The van der Waals surface area contributed by atoms with E-state index in [-0.39, 0.29) is 6.61 Å². The molecule has 1 unspecified atom stereocenters. The van der Waals surface area contributed by atoms with Crippen LogP contribution in [0.15, 0.2) is 0 Å². The lowest BCUT2D eigenvalue weighted by Crippen LogP contribution is -2.38. The Kier molecular flexibility index (Phi) is 5.37. The Morgan fingerprint density at radius 2 is 2.22 bits per heavy atom. The molecular weight excluding hydrogens is 236 g/mol. The summed E-state index contributed by atoms with van der Waals surface area (Å²) in [5.41, 5.74) is -0.487. The smallest absolute Gasteiger partial charge is 0.407 e. The van der Waals surface area contributed by atoms with Crippen molar-refractivity contribution < 1.29 is 19.7 Å². The average molecular weight is 260 g/mol. The van der Waals surface area contributed by atoms with Crippen LogP contribution in [0.2, 0.25) is 0 Å². The highest BCUT2D eigenvalue weighted by atomic mass is 16.6. The molecule has 0 aromatic carbocycles. The molecule has 0 saturated carbocycles. The fourth-order valence-corrected chi connectivity index (χ4v) is 1.96. The Labute approximate surface area is 108 Å². The van der Waals surface area contributed by atoms with E-state index in [9.17, 15) is 9.90 Å². The highest BCUT2D eigenvalue weighted by molar-refractivity contribution is 5.67. The van der Waals surface area contributed by atoms with Crippen molar-refractivity contribution in [1.82, 2.24) is 10.2 Å². The molecule has 1 rings (SSSR count). The van der Waals surface area contributed by atoms with Crippen molar-refractivity contribution in [2.75, 3.05) is 26.2 Å². The zero-order valence-electron chi connectivity index (χ0n) is 11.3. The van der Waals surface area contributed by atoms with Gasteiger partial charge in [0.05, 0.1) is 6.61 Å². The predicted molar refractivity (Wildman–Crippen MR) is 67.0 cm³/mol. The number of alkyl carbamates (subject to hydrolysis) is 1. The Morgan fingerprint density at radius 1 is 1.56 bits per heavy atom. The summed E-state index contributed by atoms with van der Waals surface area (Å²) in [5.74, 6) is 0.290. The molecule has 3 N–H and O–H groups in total. The zero-order chi connectivity index (χ0) is 13.8. The van der Waals surface area contributed by atoms with Crippen molar-refractivity contribution in [1.29, 1.82) is 0 Å². The minimum Gasteiger partial charge on any atom is -0.444 e. The Balaban J connectivity index is 2.23. The SMILES string of the molecule is CC(C)(C)OC(=O)NC[C@H]1CCN(C(O)CO)C1. The Hall–Kier alpha value is -0.850. The summed E-state index contributed by atoms with van der Waals surface area (Å²) in [7, 11) is 0. The van der Waals surface area contributed by atoms with E-state index in [1.54, 1.807) is 4.90 Å². The summed E-state index contributed by atoms with van der Waals surface area (Å²) >= 11 is 0. The monoisotopic (exact) mass is 260 g/mol. The van der Waals surface area contributed by atoms with Crippen molar-refractivity contribution in [3.8, 4) is 0 Å². The molecule has 106 valence electrons. The van der Waals surface area contributed by atoms with E-state index in [1.807, 2.05) is 20.8 Å². The third kappa shape index (κ3) is 5.20. The van der Waals surface area contributed by atoms with Crippen LogP contribution in [0.4, 0.5) is 4.79 Å². The number of aliphatic hydroxyl groups excluding tert-OH is 2. The Bertz CT molecular complexity index is 278. The van der Waals surface area contributed by atoms with Gasteiger partial charge in [-0.05, 0) is 33.1 Å². The maximum Gasteiger partial charge on any atom is 0.407 e. The zero-order valence-corrected chi connectivity index (χ0v) is 11.3. The number of likely N-dealkylation sites (tertiary alicyclic amines) is 1. The minimum absolute atomic E-state index is 0.258. The molecule has 0 bridgehead atoms. The van der Waals surface area contributed by atoms with E-state index >= 15 is 0 Å². The molecule has 1 aliphatic rings. The van der Waals surface area contributed by atoms with E-state index in [0.29, 0.717) is 19.0 Å². The maximum absolute atomic E-state index is 11.5. The first-order valence-corrected chi connectivity index (χ1v) is 6.31. The second-order valence-electron chi connectivity index (χ2n) is 5.70. The fraction of sp³-hybridized carbons (Fsp3) is 0.917. The summed E-state index contributed by atoms with van der Waals surface area (Å²) in [4.78, 5) is 13.3. The first-order valence-electron chi connectivity index (χ1n) is 6.31. The quantitative estimate of drug-likeness (QED) is 0.670. The highest BCUT2D eigenvalue weighted by Gasteiger charge is 2.27. The van der Waals surface area contributed by atoms with Gasteiger partial charge in [-0.1, -0.05) is 0 Å². The van der Waals surface area contributed by atoms with E-state index < -0.39 is 17.9 Å². The van der Waals surface area contributed by atoms with Gasteiger partial charge in [0.25, 0.3) is 0 Å². The summed E-state index contributed by atoms with van der Waals surface area (Å²) in [6.45, 7) is 7.15. The van der Waals surface area contributed by atoms with Gasteiger partial charge in [0.1, 0.15) is 11.8 Å². The van der Waals surface area contributed by atoms with Crippen LogP contribution < -0.4 is 5.32 Å². The molecule has 2 atom stereocenters. The van der Waals surface area contributed by atoms with Crippen LogP contribution in [0.25, 0.3) is 0 Å². The molecule has 0 aromatic rings. The average Bonchev–Trinajstić information content (AvgIpc) is 2.71. The number of hydrogen-bond donors (Lipinski definition) is 3. The first kappa shape index (κ1) is 15.2. The van der Waals surface area contributed by atoms with Crippen LogP contribution in [0, 0.1) is 5.92 Å². The molecule has 6 heteroatoms. The lowest BCUT2D eigenvalue weighted by atomic mass is 10.1. The number of carbonyl (C=O) groups excluding carboxylic acids is 1. The molecule has 1 heterocycles. The van der Waals surface area contributed by atoms with E-state index in [1.165, 1.54) is 0 Å². The van der Waals surface area contributed by atoms with Crippen LogP contribution in [0.1, 0.15) is 27.2 Å². The van der Waals surface area contributed by atoms with Crippen LogP contribution in [-0.2, 0) is 4.74 Å². The largest absolute Gasteiger partial charge is 0.444 e. The van der Waals surface area contributed by atoms with Gasteiger partial charge in [0.2, 0.25) is 0 Å². The molecule has 0 spiro atoms. The number of nitrogens with zero attached hydrogens (tertiary/aromatic N) is 1. The highest BCUT2D eigenvalue weighted by Crippen LogP contribution is 2.17. The predicted octanol–water partition coefficient (Wildman–Crippen LogP) is 0.144. The van der Waals surface area contributed by atoms with Gasteiger partial charge < -0.3 is 20.3 Å². The van der Waals surface area contributed by atoms with Crippen molar-refractivity contribution >= 4 is 6.09 Å². The van der Waals surface area contributed by atoms with Crippen LogP contribution in [0.5, 0.6) is 0 Å². The van der Waals surface area contributed by atoms with Crippen molar-refractivity contribution in [3.63, 3.8) is 0 Å². The van der Waals surface area contributed by atoms with Gasteiger partial charge in [0, 0.05) is 19.6 Å². The van der Waals surface area contributed by atoms with Gasteiger partial charge in [-0.25, -0.2) is 4.79 Å². The molecule has 0 aliphatic carbocycles.